The molecule has 2 unspecified atom stereocenters. The molecule has 9 nitrogen and oxygen atoms in total. The zero-order valence-electron chi connectivity index (χ0n) is 55.7. The van der Waals surface area contributed by atoms with E-state index >= 15 is 0 Å². The van der Waals surface area contributed by atoms with Gasteiger partial charge in [0, 0.05) is 19.4 Å². The Morgan fingerprint density at radius 2 is 0.655 bits per heavy atom. The molecule has 0 bridgehead atoms. The number of nitrogens with two attached hydrogens (primary N) is 1. The predicted molar refractivity (Wildman–Crippen MR) is 363 cm³/mol. The summed E-state index contributed by atoms with van der Waals surface area (Å²) in [6, 6.07) is 0. The van der Waals surface area contributed by atoms with E-state index < -0.39 is 26.5 Å². The molecule has 0 aromatic rings. The number of carbonyl (C=O) groups excluding carboxylic acids is 2. The first-order valence-electron chi connectivity index (χ1n) is 36.6. The fourth-order valence-corrected chi connectivity index (χ4v) is 11.9. The van der Waals surface area contributed by atoms with Crippen LogP contribution in [-0.2, 0) is 32.7 Å². The molecule has 0 aromatic heterocycles. The van der Waals surface area contributed by atoms with Crippen LogP contribution < -0.4 is 5.73 Å². The van der Waals surface area contributed by atoms with Crippen molar-refractivity contribution in [3.8, 4) is 0 Å². The van der Waals surface area contributed by atoms with Gasteiger partial charge >= 0.3 is 19.8 Å². The van der Waals surface area contributed by atoms with Crippen LogP contribution in [0.4, 0.5) is 0 Å². The highest BCUT2D eigenvalue weighted by Crippen LogP contribution is 2.43. The maximum atomic E-state index is 12.8. The Labute approximate surface area is 521 Å². The zero-order valence-corrected chi connectivity index (χ0v) is 56.6. The van der Waals surface area contributed by atoms with Gasteiger partial charge in [0.05, 0.1) is 13.2 Å². The number of phosphoric ester groups is 1. The molecule has 0 aliphatic heterocycles. The summed E-state index contributed by atoms with van der Waals surface area (Å²) in [6.07, 6.45) is 89.5. The number of esters is 2. The second-order valence-corrected chi connectivity index (χ2v) is 26.2. The van der Waals surface area contributed by atoms with Crippen molar-refractivity contribution in [3.05, 3.63) is 48.6 Å². The Bertz CT molecular complexity index is 1520. The van der Waals surface area contributed by atoms with E-state index in [1.807, 2.05) is 0 Å². The van der Waals surface area contributed by atoms with Crippen LogP contribution in [0.15, 0.2) is 48.6 Å². The first-order chi connectivity index (χ1) is 41.3. The average molecular weight is 1200 g/mol. The molecule has 0 radical (unpaired) electrons. The topological polar surface area (TPSA) is 134 Å². The van der Waals surface area contributed by atoms with Gasteiger partial charge in [-0.25, -0.2) is 4.57 Å². The van der Waals surface area contributed by atoms with Gasteiger partial charge in [0.15, 0.2) is 6.10 Å². The van der Waals surface area contributed by atoms with Crippen LogP contribution in [0, 0.1) is 0 Å². The third kappa shape index (κ3) is 69.1. The Morgan fingerprint density at radius 1 is 0.369 bits per heavy atom. The molecule has 84 heavy (non-hydrogen) atoms. The van der Waals surface area contributed by atoms with E-state index in [1.54, 1.807) is 0 Å². The second-order valence-electron chi connectivity index (χ2n) is 24.8. The van der Waals surface area contributed by atoms with Crippen LogP contribution in [0.1, 0.15) is 380 Å². The van der Waals surface area contributed by atoms with Crippen molar-refractivity contribution >= 4 is 19.8 Å². The van der Waals surface area contributed by atoms with Gasteiger partial charge in [-0.2, -0.15) is 0 Å². The maximum Gasteiger partial charge on any atom is 0.472 e. The van der Waals surface area contributed by atoms with Gasteiger partial charge in [0.2, 0.25) is 0 Å². The van der Waals surface area contributed by atoms with Crippen molar-refractivity contribution in [2.75, 3.05) is 26.4 Å². The summed E-state index contributed by atoms with van der Waals surface area (Å²) in [6.45, 7) is 3.70. The highest BCUT2D eigenvalue weighted by atomic mass is 31.2. The lowest BCUT2D eigenvalue weighted by atomic mass is 10.0. The standard InChI is InChI=1S/C74H140NO8P/c1-3-5-7-9-11-13-15-17-19-21-23-25-27-29-30-31-32-33-34-35-36-37-38-39-40-41-43-44-46-48-50-52-54-56-58-60-62-64-66-73(76)80-70-72(71-82-84(78,79)81-69-68-75)83-74(77)67-65-63-61-59-57-55-53-51-49-47-45-42-28-26-24-22-20-18-16-14-12-10-8-6-4-2/h6,8,12,14,18,20,24,26,72H,3-5,7,9-11,13,15-17,19,21-23,25,27-71,75H2,1-2H3,(H,78,79)/b8-6-,14-12-,20-18-,26-24-. The fraction of sp³-hybridized carbons (Fsp3) is 0.865. The lowest BCUT2D eigenvalue weighted by molar-refractivity contribution is -0.161. The van der Waals surface area contributed by atoms with Gasteiger partial charge in [-0.1, -0.05) is 364 Å². The van der Waals surface area contributed by atoms with Crippen molar-refractivity contribution in [3.63, 3.8) is 0 Å². The van der Waals surface area contributed by atoms with Crippen LogP contribution in [0.3, 0.4) is 0 Å². The van der Waals surface area contributed by atoms with E-state index in [4.69, 9.17) is 24.3 Å². The number of hydrogen-bond donors (Lipinski definition) is 2. The zero-order chi connectivity index (χ0) is 60.9. The fourth-order valence-electron chi connectivity index (χ4n) is 11.1. The van der Waals surface area contributed by atoms with Crippen molar-refractivity contribution in [2.24, 2.45) is 5.73 Å². The number of allylic oxidation sites excluding steroid dienone is 8. The second kappa shape index (κ2) is 70.1. The summed E-state index contributed by atoms with van der Waals surface area (Å²) >= 11 is 0. The maximum absolute atomic E-state index is 12.8. The van der Waals surface area contributed by atoms with E-state index in [9.17, 15) is 19.0 Å². The Hall–Kier alpha value is -2.03. The molecule has 0 aliphatic carbocycles. The van der Waals surface area contributed by atoms with Crippen LogP contribution in [0.5, 0.6) is 0 Å². The highest BCUT2D eigenvalue weighted by molar-refractivity contribution is 7.47. The van der Waals surface area contributed by atoms with Crippen LogP contribution >= 0.6 is 7.82 Å². The molecule has 0 aromatic carbocycles. The Kier molecular flexibility index (Phi) is 68.4. The monoisotopic (exact) mass is 1200 g/mol. The molecular formula is C74H140NO8P. The molecule has 494 valence electrons. The van der Waals surface area contributed by atoms with Gasteiger partial charge in [-0.05, 0) is 51.4 Å². The van der Waals surface area contributed by atoms with Gasteiger partial charge in [0.1, 0.15) is 6.61 Å². The van der Waals surface area contributed by atoms with Gasteiger partial charge < -0.3 is 20.1 Å². The number of phosphoric acid groups is 1. The van der Waals surface area contributed by atoms with Gasteiger partial charge in [-0.3, -0.25) is 18.6 Å². The van der Waals surface area contributed by atoms with Crippen molar-refractivity contribution in [1.29, 1.82) is 0 Å². The predicted octanol–water partition coefficient (Wildman–Crippen LogP) is 24.0. The Morgan fingerprint density at radius 3 is 0.976 bits per heavy atom. The highest BCUT2D eigenvalue weighted by Gasteiger charge is 2.26. The molecular weight excluding hydrogens is 1060 g/mol. The summed E-state index contributed by atoms with van der Waals surface area (Å²) in [4.78, 5) is 35.4. The quantitative estimate of drug-likeness (QED) is 0.0264. The molecule has 0 saturated heterocycles. The van der Waals surface area contributed by atoms with E-state index in [0.29, 0.717) is 6.42 Å². The lowest BCUT2D eigenvalue weighted by Gasteiger charge is -2.19. The summed E-state index contributed by atoms with van der Waals surface area (Å²) in [5, 5.41) is 0. The molecule has 0 spiro atoms. The minimum atomic E-state index is -4.39. The molecule has 0 amide bonds. The van der Waals surface area contributed by atoms with Crippen LogP contribution in [0.2, 0.25) is 0 Å². The number of rotatable bonds is 70. The van der Waals surface area contributed by atoms with E-state index in [1.165, 1.54) is 283 Å². The summed E-state index contributed by atoms with van der Waals surface area (Å²) in [5.41, 5.74) is 5.40. The van der Waals surface area contributed by atoms with Crippen LogP contribution in [-0.4, -0.2) is 49.3 Å². The molecule has 0 rings (SSSR count). The number of carbonyl (C=O) groups is 2. The first kappa shape index (κ1) is 82.0. The first-order valence-corrected chi connectivity index (χ1v) is 38.1. The van der Waals surface area contributed by atoms with Crippen molar-refractivity contribution in [2.45, 2.75) is 386 Å². The van der Waals surface area contributed by atoms with Gasteiger partial charge in [-0.15, -0.1) is 0 Å². The molecule has 0 heterocycles. The number of hydrogen-bond acceptors (Lipinski definition) is 8. The minimum Gasteiger partial charge on any atom is -0.462 e. The SMILES string of the molecule is CC/C=C\C/C=C\C/C=C\C/C=C\CCCCCCCCCCCCCCC(=O)OC(COC(=O)CCCCCCCCCCCCCCCCCCCCCCCCCCCCCCCCCCCCCCCC)COP(=O)(O)OCCN. The van der Waals surface area contributed by atoms with E-state index in [-0.39, 0.29) is 38.6 Å². The van der Waals surface area contributed by atoms with Crippen molar-refractivity contribution < 1.29 is 37.6 Å². The minimum absolute atomic E-state index is 0.0539. The third-order valence-electron chi connectivity index (χ3n) is 16.5. The average Bonchev–Trinajstić information content (AvgIpc) is 3.55. The normalized spacial score (nSPS) is 13.1. The largest absolute Gasteiger partial charge is 0.472 e. The molecule has 3 N–H and O–H groups in total. The number of unbranched alkanes of at least 4 members (excludes halogenated alkanes) is 49. The number of ether oxygens (including phenoxy) is 2. The van der Waals surface area contributed by atoms with E-state index in [2.05, 4.69) is 62.5 Å². The molecule has 0 saturated carbocycles. The molecule has 0 aliphatic rings. The molecule has 0 fully saturated rings. The summed E-state index contributed by atoms with van der Waals surface area (Å²) < 4.78 is 33.2. The van der Waals surface area contributed by atoms with Gasteiger partial charge in [0.25, 0.3) is 0 Å². The lowest BCUT2D eigenvalue weighted by Crippen LogP contribution is -2.29. The smallest absolute Gasteiger partial charge is 0.462 e. The van der Waals surface area contributed by atoms with Crippen LogP contribution in [0.25, 0.3) is 0 Å². The Balaban J connectivity index is 3.76. The van der Waals surface area contributed by atoms with E-state index in [0.717, 1.165) is 64.2 Å². The molecule has 10 heteroatoms. The molecule has 2 atom stereocenters. The third-order valence-corrected chi connectivity index (χ3v) is 17.5. The summed E-state index contributed by atoms with van der Waals surface area (Å²) in [5.74, 6) is -0.812. The summed E-state index contributed by atoms with van der Waals surface area (Å²) in [7, 11) is -4.39. The van der Waals surface area contributed by atoms with Crippen molar-refractivity contribution in [1.82, 2.24) is 0 Å².